The zero-order chi connectivity index (χ0) is 11.7. The van der Waals surface area contributed by atoms with Crippen molar-refractivity contribution in [3.05, 3.63) is 23.2 Å². The molecule has 3 heterocycles. The third-order valence-electron chi connectivity index (χ3n) is 2.98. The van der Waals surface area contributed by atoms with Gasteiger partial charge < -0.3 is 14.8 Å². The Kier molecular flexibility index (Phi) is 4.27. The molecule has 0 aliphatic carbocycles. The predicted molar refractivity (Wildman–Crippen MR) is 71.2 cm³/mol. The Morgan fingerprint density at radius 2 is 2.33 bits per heavy atom. The van der Waals surface area contributed by atoms with Gasteiger partial charge in [0.05, 0.1) is 16.6 Å². The number of nitrogens with zero attached hydrogens (tertiary/aromatic N) is 2. The summed E-state index contributed by atoms with van der Waals surface area (Å²) in [5.41, 5.74) is 0.786. The number of aromatic amines is 1. The number of hydrogen-bond donors (Lipinski definition) is 2. The summed E-state index contributed by atoms with van der Waals surface area (Å²) in [4.78, 5) is 7.42. The van der Waals surface area contributed by atoms with Crippen LogP contribution in [0.15, 0.2) is 16.8 Å². The molecule has 1 aliphatic rings. The van der Waals surface area contributed by atoms with Crippen LogP contribution in [-0.4, -0.2) is 28.2 Å². The number of aromatic nitrogens is 3. The molecule has 0 saturated carbocycles. The van der Waals surface area contributed by atoms with Crippen LogP contribution >= 0.6 is 24.0 Å². The van der Waals surface area contributed by atoms with E-state index in [1.807, 2.05) is 0 Å². The van der Waals surface area contributed by atoms with E-state index in [4.69, 9.17) is 16.1 Å². The average Bonchev–Trinajstić information content (AvgIpc) is 2.98. The van der Waals surface area contributed by atoms with Gasteiger partial charge in [0.2, 0.25) is 11.7 Å². The predicted octanol–water partition coefficient (Wildman–Crippen LogP) is 2.61. The SMILES string of the molecule is Cl.Clc1c[nH]c(-c2noc(C3CCCNC3)n2)c1. The summed E-state index contributed by atoms with van der Waals surface area (Å²) in [6, 6.07) is 1.79. The Hall–Kier alpha value is -1.04. The minimum atomic E-state index is 0. The second-order valence-corrected chi connectivity index (χ2v) is 4.67. The van der Waals surface area contributed by atoms with E-state index in [1.165, 1.54) is 0 Å². The summed E-state index contributed by atoms with van der Waals surface area (Å²) in [7, 11) is 0. The highest BCUT2D eigenvalue weighted by Gasteiger charge is 2.21. The number of rotatable bonds is 2. The molecular formula is C11H14Cl2N4O. The third kappa shape index (κ3) is 2.68. The first-order valence-electron chi connectivity index (χ1n) is 5.71. The zero-order valence-corrected chi connectivity index (χ0v) is 11.2. The van der Waals surface area contributed by atoms with Crippen molar-refractivity contribution in [2.24, 2.45) is 0 Å². The second-order valence-electron chi connectivity index (χ2n) is 4.23. The molecule has 1 unspecified atom stereocenters. The van der Waals surface area contributed by atoms with Gasteiger partial charge in [0.1, 0.15) is 0 Å². The first-order valence-corrected chi connectivity index (χ1v) is 6.09. The second kappa shape index (κ2) is 5.73. The Bertz CT molecular complexity index is 505. The van der Waals surface area contributed by atoms with Gasteiger partial charge in [0.25, 0.3) is 0 Å². The van der Waals surface area contributed by atoms with Crippen LogP contribution in [0, 0.1) is 0 Å². The number of halogens is 2. The lowest BCUT2D eigenvalue weighted by atomic mass is 10.00. The first-order chi connectivity index (χ1) is 8.33. The Balaban J connectivity index is 0.00000120. The third-order valence-corrected chi connectivity index (χ3v) is 3.19. The van der Waals surface area contributed by atoms with Gasteiger partial charge in [0, 0.05) is 12.7 Å². The summed E-state index contributed by atoms with van der Waals surface area (Å²) >= 11 is 5.84. The maximum absolute atomic E-state index is 5.84. The molecule has 1 saturated heterocycles. The van der Waals surface area contributed by atoms with Crippen LogP contribution in [0.4, 0.5) is 0 Å². The Morgan fingerprint density at radius 3 is 3.00 bits per heavy atom. The van der Waals surface area contributed by atoms with Crippen LogP contribution in [-0.2, 0) is 0 Å². The lowest BCUT2D eigenvalue weighted by molar-refractivity contribution is 0.322. The van der Waals surface area contributed by atoms with Crippen molar-refractivity contribution in [2.75, 3.05) is 13.1 Å². The molecular weight excluding hydrogens is 275 g/mol. The van der Waals surface area contributed by atoms with Crippen molar-refractivity contribution in [1.82, 2.24) is 20.4 Å². The quantitative estimate of drug-likeness (QED) is 0.891. The standard InChI is InChI=1S/C11H13ClN4O.ClH/c12-8-4-9(14-6-8)10-15-11(17-16-10)7-2-1-3-13-5-7;/h4,6-7,13-14H,1-3,5H2;1H. The lowest BCUT2D eigenvalue weighted by Gasteiger charge is -2.18. The van der Waals surface area contributed by atoms with E-state index in [0.29, 0.717) is 22.7 Å². The summed E-state index contributed by atoms with van der Waals surface area (Å²) < 4.78 is 5.30. The van der Waals surface area contributed by atoms with Crippen molar-refractivity contribution in [3.8, 4) is 11.5 Å². The van der Waals surface area contributed by atoms with E-state index < -0.39 is 0 Å². The van der Waals surface area contributed by atoms with Crippen molar-refractivity contribution >= 4 is 24.0 Å². The van der Waals surface area contributed by atoms with Crippen molar-refractivity contribution in [2.45, 2.75) is 18.8 Å². The average molecular weight is 289 g/mol. The number of piperidine rings is 1. The molecule has 2 N–H and O–H groups in total. The topological polar surface area (TPSA) is 66.7 Å². The molecule has 0 aromatic carbocycles. The fraction of sp³-hybridized carbons (Fsp3) is 0.455. The van der Waals surface area contributed by atoms with Gasteiger partial charge in [-0.3, -0.25) is 0 Å². The molecule has 1 fully saturated rings. The smallest absolute Gasteiger partial charge is 0.231 e. The fourth-order valence-corrected chi connectivity index (χ4v) is 2.23. The molecule has 3 rings (SSSR count). The molecule has 0 radical (unpaired) electrons. The minimum Gasteiger partial charge on any atom is -0.357 e. The highest BCUT2D eigenvalue weighted by molar-refractivity contribution is 6.30. The molecule has 1 aliphatic heterocycles. The summed E-state index contributed by atoms with van der Waals surface area (Å²) in [5, 5.41) is 7.95. The molecule has 0 amide bonds. The highest BCUT2D eigenvalue weighted by atomic mass is 35.5. The number of hydrogen-bond acceptors (Lipinski definition) is 4. The molecule has 0 bridgehead atoms. The largest absolute Gasteiger partial charge is 0.357 e. The number of nitrogens with one attached hydrogen (secondary N) is 2. The van der Waals surface area contributed by atoms with Crippen LogP contribution in [0.25, 0.3) is 11.5 Å². The molecule has 7 heteroatoms. The van der Waals surface area contributed by atoms with E-state index in [0.717, 1.165) is 31.6 Å². The van der Waals surface area contributed by atoms with Gasteiger partial charge in [-0.15, -0.1) is 12.4 Å². The summed E-state index contributed by atoms with van der Waals surface area (Å²) in [6.07, 6.45) is 3.95. The van der Waals surface area contributed by atoms with Gasteiger partial charge in [-0.25, -0.2) is 0 Å². The van der Waals surface area contributed by atoms with Crippen molar-refractivity contribution < 1.29 is 4.52 Å². The summed E-state index contributed by atoms with van der Waals surface area (Å²) in [5.74, 6) is 1.60. The van der Waals surface area contributed by atoms with E-state index >= 15 is 0 Å². The molecule has 0 spiro atoms. The maximum Gasteiger partial charge on any atom is 0.231 e. The van der Waals surface area contributed by atoms with Crippen LogP contribution in [0.1, 0.15) is 24.7 Å². The zero-order valence-electron chi connectivity index (χ0n) is 9.65. The fourth-order valence-electron chi connectivity index (χ4n) is 2.07. The molecule has 18 heavy (non-hydrogen) atoms. The normalized spacial score (nSPS) is 19.5. The van der Waals surface area contributed by atoms with Crippen LogP contribution in [0.2, 0.25) is 5.02 Å². The maximum atomic E-state index is 5.84. The van der Waals surface area contributed by atoms with Gasteiger partial charge in [-0.05, 0) is 25.5 Å². The molecule has 2 aromatic rings. The monoisotopic (exact) mass is 288 g/mol. The van der Waals surface area contributed by atoms with E-state index in [1.54, 1.807) is 12.3 Å². The van der Waals surface area contributed by atoms with Gasteiger partial charge in [-0.2, -0.15) is 4.98 Å². The van der Waals surface area contributed by atoms with Gasteiger partial charge in [0.15, 0.2) is 0 Å². The highest BCUT2D eigenvalue weighted by Crippen LogP contribution is 2.24. The molecule has 1 atom stereocenters. The summed E-state index contributed by atoms with van der Waals surface area (Å²) in [6.45, 7) is 1.98. The van der Waals surface area contributed by atoms with E-state index in [2.05, 4.69) is 20.4 Å². The molecule has 2 aromatic heterocycles. The van der Waals surface area contributed by atoms with Crippen LogP contribution in [0.3, 0.4) is 0 Å². The van der Waals surface area contributed by atoms with Crippen molar-refractivity contribution in [1.29, 1.82) is 0 Å². The van der Waals surface area contributed by atoms with E-state index in [-0.39, 0.29) is 12.4 Å². The Labute approximate surface area is 116 Å². The minimum absolute atomic E-state index is 0. The van der Waals surface area contributed by atoms with Gasteiger partial charge in [-0.1, -0.05) is 16.8 Å². The lowest BCUT2D eigenvalue weighted by Crippen LogP contribution is -2.28. The Morgan fingerprint density at radius 1 is 1.44 bits per heavy atom. The van der Waals surface area contributed by atoms with Crippen LogP contribution < -0.4 is 5.32 Å². The first kappa shape index (κ1) is 13.4. The number of H-pyrrole nitrogens is 1. The van der Waals surface area contributed by atoms with Crippen LogP contribution in [0.5, 0.6) is 0 Å². The molecule has 5 nitrogen and oxygen atoms in total. The van der Waals surface area contributed by atoms with Crippen molar-refractivity contribution in [3.63, 3.8) is 0 Å². The van der Waals surface area contributed by atoms with Gasteiger partial charge >= 0.3 is 0 Å². The van der Waals surface area contributed by atoms with E-state index in [9.17, 15) is 0 Å². The molecule has 98 valence electrons.